The van der Waals surface area contributed by atoms with Gasteiger partial charge in [0.1, 0.15) is 5.75 Å². The molecule has 1 aliphatic heterocycles. The summed E-state index contributed by atoms with van der Waals surface area (Å²) < 4.78 is 69.7. The number of sulfonamides is 1. The molecule has 1 aliphatic rings. The van der Waals surface area contributed by atoms with E-state index < -0.39 is 28.7 Å². The Morgan fingerprint density at radius 3 is 2.34 bits per heavy atom. The Balaban J connectivity index is 2.37. The molecular formula is C19H25F3N2O4S. The summed E-state index contributed by atoms with van der Waals surface area (Å²) in [5, 5.41) is 2.42. The van der Waals surface area contributed by atoms with Gasteiger partial charge in [-0.2, -0.15) is 17.5 Å². The third kappa shape index (κ3) is 7.04. The third-order valence-corrected chi connectivity index (χ3v) is 6.12. The number of halogens is 3. The van der Waals surface area contributed by atoms with Crippen LogP contribution in [0, 0.1) is 0 Å². The lowest BCUT2D eigenvalue weighted by Crippen LogP contribution is -2.32. The first-order chi connectivity index (χ1) is 13.5. The van der Waals surface area contributed by atoms with E-state index in [0.29, 0.717) is 18.7 Å². The number of benzene rings is 1. The molecule has 0 radical (unpaired) electrons. The van der Waals surface area contributed by atoms with E-state index in [1.807, 2.05) is 0 Å². The molecule has 6 nitrogen and oxygen atoms in total. The molecule has 0 aliphatic carbocycles. The van der Waals surface area contributed by atoms with Gasteiger partial charge in [-0.3, -0.25) is 4.79 Å². The lowest BCUT2D eigenvalue weighted by atomic mass is 10.2. The van der Waals surface area contributed by atoms with E-state index in [1.54, 1.807) is 13.8 Å². The fraction of sp³-hybridized carbons (Fsp3) is 0.526. The number of alkyl halides is 3. The number of hydrogen-bond acceptors (Lipinski definition) is 4. The first-order valence-corrected chi connectivity index (χ1v) is 10.7. The number of carbonyl (C=O) groups is 1. The second-order valence-electron chi connectivity index (χ2n) is 7.09. The molecule has 0 atom stereocenters. The summed E-state index contributed by atoms with van der Waals surface area (Å²) in [4.78, 5) is 12.0. The number of carbonyl (C=O) groups excluding carboxylic acids is 1. The Hall–Kier alpha value is -2.07. The number of rotatable bonds is 6. The zero-order valence-corrected chi connectivity index (χ0v) is 17.2. The van der Waals surface area contributed by atoms with Crippen LogP contribution in [0.1, 0.15) is 39.5 Å². The normalized spacial score (nSPS) is 16.0. The number of nitrogens with zero attached hydrogens (tertiary/aromatic N) is 1. The second kappa shape index (κ2) is 9.62. The monoisotopic (exact) mass is 434 g/mol. The standard InChI is InChI=1S/C19H25F3N2O4S/c1-14(2)11-18(25)23-16-12-15(7-8-17(16)28-13-19(20,21)22)29(26,27)24-9-5-3-4-6-10-24/h7-8,11-12H,3-6,9-10,13H2,1-2H3,(H,23,25). The highest BCUT2D eigenvalue weighted by Crippen LogP contribution is 2.31. The highest BCUT2D eigenvalue weighted by molar-refractivity contribution is 7.89. The summed E-state index contributed by atoms with van der Waals surface area (Å²) in [5.41, 5.74) is 0.543. The molecule has 0 aromatic heterocycles. The Kier molecular flexibility index (Phi) is 7.70. The summed E-state index contributed by atoms with van der Waals surface area (Å²) in [6.45, 7) is 2.57. The van der Waals surface area contributed by atoms with Crippen molar-refractivity contribution >= 4 is 21.6 Å². The van der Waals surface area contributed by atoms with Crippen LogP contribution in [0.3, 0.4) is 0 Å². The molecule has 0 unspecified atom stereocenters. The summed E-state index contributed by atoms with van der Waals surface area (Å²) in [6.07, 6.45) is 0.0638. The number of ether oxygens (including phenoxy) is 1. The maximum Gasteiger partial charge on any atom is 0.422 e. The largest absolute Gasteiger partial charge is 0.482 e. The first-order valence-electron chi connectivity index (χ1n) is 9.29. The van der Waals surface area contributed by atoms with Crippen LogP contribution in [0.25, 0.3) is 0 Å². The van der Waals surface area contributed by atoms with E-state index in [2.05, 4.69) is 5.32 Å². The average molecular weight is 434 g/mol. The van der Waals surface area contributed by atoms with Gasteiger partial charge in [0.05, 0.1) is 10.6 Å². The molecule has 10 heteroatoms. The Morgan fingerprint density at radius 2 is 1.79 bits per heavy atom. The lowest BCUT2D eigenvalue weighted by molar-refractivity contribution is -0.153. The second-order valence-corrected chi connectivity index (χ2v) is 9.03. The zero-order chi connectivity index (χ0) is 21.7. The lowest BCUT2D eigenvalue weighted by Gasteiger charge is -2.21. The molecule has 29 heavy (non-hydrogen) atoms. The van der Waals surface area contributed by atoms with Gasteiger partial charge in [0.15, 0.2) is 6.61 Å². The van der Waals surface area contributed by atoms with Crippen LogP contribution in [0.2, 0.25) is 0 Å². The summed E-state index contributed by atoms with van der Waals surface area (Å²) in [5.74, 6) is -0.848. The molecule has 1 amide bonds. The number of hydrogen-bond donors (Lipinski definition) is 1. The minimum Gasteiger partial charge on any atom is -0.482 e. The Labute approximate surface area is 168 Å². The molecule has 0 spiro atoms. The average Bonchev–Trinajstić information content (AvgIpc) is 2.89. The summed E-state index contributed by atoms with van der Waals surface area (Å²) in [7, 11) is -3.84. The molecular weight excluding hydrogens is 409 g/mol. The van der Waals surface area contributed by atoms with Gasteiger partial charge in [-0.05, 0) is 44.9 Å². The Morgan fingerprint density at radius 1 is 1.17 bits per heavy atom. The van der Waals surface area contributed by atoms with Crippen LogP contribution >= 0.6 is 0 Å². The van der Waals surface area contributed by atoms with Gasteiger partial charge in [0.25, 0.3) is 0 Å². The van der Waals surface area contributed by atoms with E-state index in [0.717, 1.165) is 37.8 Å². The van der Waals surface area contributed by atoms with Crippen LogP contribution in [-0.4, -0.2) is 44.5 Å². The third-order valence-electron chi connectivity index (χ3n) is 4.22. The van der Waals surface area contributed by atoms with Crippen molar-refractivity contribution in [3.8, 4) is 5.75 Å². The van der Waals surface area contributed by atoms with Crippen LogP contribution in [0.5, 0.6) is 5.75 Å². The predicted octanol–water partition coefficient (Wildman–Crippen LogP) is 4.10. The molecule has 1 N–H and O–H groups in total. The van der Waals surface area contributed by atoms with Crippen LogP contribution in [0.15, 0.2) is 34.7 Å². The molecule has 162 valence electrons. The van der Waals surface area contributed by atoms with Gasteiger partial charge in [-0.1, -0.05) is 18.4 Å². The smallest absolute Gasteiger partial charge is 0.422 e. The molecule has 1 saturated heterocycles. The van der Waals surface area contributed by atoms with Crippen molar-refractivity contribution in [2.45, 2.75) is 50.6 Å². The zero-order valence-electron chi connectivity index (χ0n) is 16.4. The van der Waals surface area contributed by atoms with Gasteiger partial charge < -0.3 is 10.1 Å². The van der Waals surface area contributed by atoms with E-state index in [1.165, 1.54) is 16.4 Å². The predicted molar refractivity (Wildman–Crippen MR) is 103 cm³/mol. The van der Waals surface area contributed by atoms with Gasteiger partial charge >= 0.3 is 6.18 Å². The molecule has 1 aromatic rings. The van der Waals surface area contributed by atoms with Crippen molar-refractivity contribution in [1.82, 2.24) is 4.31 Å². The highest BCUT2D eigenvalue weighted by atomic mass is 32.2. The first kappa shape index (κ1) is 23.2. The Bertz CT molecular complexity index is 855. The van der Waals surface area contributed by atoms with Gasteiger partial charge in [0.2, 0.25) is 15.9 Å². The fourth-order valence-electron chi connectivity index (χ4n) is 2.91. The number of amides is 1. The molecule has 1 aromatic carbocycles. The topological polar surface area (TPSA) is 75.7 Å². The molecule has 2 rings (SSSR count). The fourth-order valence-corrected chi connectivity index (χ4v) is 4.46. The quantitative estimate of drug-likeness (QED) is 0.684. The minimum absolute atomic E-state index is 0.105. The minimum atomic E-state index is -4.57. The number of nitrogens with one attached hydrogen (secondary N) is 1. The van der Waals surface area contributed by atoms with Crippen LogP contribution < -0.4 is 10.1 Å². The van der Waals surface area contributed by atoms with Crippen molar-refractivity contribution in [1.29, 1.82) is 0 Å². The van der Waals surface area contributed by atoms with E-state index in [9.17, 15) is 26.4 Å². The van der Waals surface area contributed by atoms with Crippen LogP contribution in [0.4, 0.5) is 18.9 Å². The highest BCUT2D eigenvalue weighted by Gasteiger charge is 2.30. The van der Waals surface area contributed by atoms with Crippen molar-refractivity contribution < 1.29 is 31.1 Å². The van der Waals surface area contributed by atoms with Gasteiger partial charge in [0, 0.05) is 19.2 Å². The van der Waals surface area contributed by atoms with E-state index in [-0.39, 0.29) is 16.3 Å². The van der Waals surface area contributed by atoms with Crippen molar-refractivity contribution in [2.75, 3.05) is 25.0 Å². The maximum absolute atomic E-state index is 13.0. The molecule has 1 fully saturated rings. The maximum atomic E-state index is 13.0. The summed E-state index contributed by atoms with van der Waals surface area (Å²) >= 11 is 0. The SMILES string of the molecule is CC(C)=CC(=O)Nc1cc(S(=O)(=O)N2CCCCCC2)ccc1OCC(F)(F)F. The van der Waals surface area contributed by atoms with Gasteiger partial charge in [-0.15, -0.1) is 0 Å². The van der Waals surface area contributed by atoms with Crippen molar-refractivity contribution in [2.24, 2.45) is 0 Å². The van der Waals surface area contributed by atoms with E-state index >= 15 is 0 Å². The van der Waals surface area contributed by atoms with E-state index in [4.69, 9.17) is 4.74 Å². The molecule has 1 heterocycles. The number of anilines is 1. The van der Waals surface area contributed by atoms with Crippen molar-refractivity contribution in [3.63, 3.8) is 0 Å². The van der Waals surface area contributed by atoms with Gasteiger partial charge in [-0.25, -0.2) is 8.42 Å². The van der Waals surface area contributed by atoms with Crippen LogP contribution in [-0.2, 0) is 14.8 Å². The van der Waals surface area contributed by atoms with Crippen molar-refractivity contribution in [3.05, 3.63) is 29.8 Å². The molecule has 0 bridgehead atoms. The molecule has 0 saturated carbocycles. The summed E-state index contributed by atoms with van der Waals surface area (Å²) in [6, 6.07) is 3.47. The number of allylic oxidation sites excluding steroid dienone is 1.